The van der Waals surface area contributed by atoms with E-state index >= 15 is 0 Å². The molecule has 0 aliphatic rings. The summed E-state index contributed by atoms with van der Waals surface area (Å²) in [6.45, 7) is 1.00. The molecule has 0 aliphatic carbocycles. The highest BCUT2D eigenvalue weighted by molar-refractivity contribution is 5.69. The summed E-state index contributed by atoms with van der Waals surface area (Å²) in [7, 11) is 1.40. The van der Waals surface area contributed by atoms with Crippen LogP contribution in [0.25, 0.3) is 0 Å². The molecule has 0 heterocycles. The van der Waals surface area contributed by atoms with Crippen LogP contribution >= 0.6 is 0 Å². The number of benzene rings is 3. The summed E-state index contributed by atoms with van der Waals surface area (Å²) in [5, 5.41) is 0. The van der Waals surface area contributed by atoms with Crippen LogP contribution in [0.2, 0.25) is 0 Å². The molecular weight excluding hydrogens is 352 g/mol. The highest BCUT2D eigenvalue weighted by atomic mass is 16.5. The van der Waals surface area contributed by atoms with Gasteiger partial charge in [0.05, 0.1) is 7.11 Å². The van der Waals surface area contributed by atoms with Crippen LogP contribution < -0.4 is 9.47 Å². The third-order valence-corrected chi connectivity index (χ3v) is 4.32. The Morgan fingerprint density at radius 3 is 2.14 bits per heavy atom. The number of hydrogen-bond donors (Lipinski definition) is 0. The quantitative estimate of drug-likeness (QED) is 0.496. The zero-order valence-electron chi connectivity index (χ0n) is 16.0. The van der Waals surface area contributed by atoms with Crippen LogP contribution in [-0.4, -0.2) is 13.1 Å². The maximum absolute atomic E-state index is 11.2. The third kappa shape index (κ3) is 6.16. The lowest BCUT2D eigenvalue weighted by Crippen LogP contribution is -2.02. The second-order valence-corrected chi connectivity index (χ2v) is 6.43. The first kappa shape index (κ1) is 19.5. The van der Waals surface area contributed by atoms with Gasteiger partial charge in [-0.15, -0.1) is 0 Å². The molecule has 0 unspecified atom stereocenters. The van der Waals surface area contributed by atoms with Crippen LogP contribution in [0, 0.1) is 0 Å². The number of methoxy groups -OCH3 is 1. The molecule has 0 amide bonds. The number of rotatable bonds is 9. The lowest BCUT2D eigenvalue weighted by Gasteiger charge is -2.10. The number of aryl methyl sites for hydroxylation is 1. The predicted molar refractivity (Wildman–Crippen MR) is 108 cm³/mol. The lowest BCUT2D eigenvalue weighted by molar-refractivity contribution is -0.140. The van der Waals surface area contributed by atoms with Gasteiger partial charge >= 0.3 is 5.97 Å². The monoisotopic (exact) mass is 376 g/mol. The maximum atomic E-state index is 11.2. The van der Waals surface area contributed by atoms with Gasteiger partial charge in [0.25, 0.3) is 0 Å². The minimum Gasteiger partial charge on any atom is -0.489 e. The van der Waals surface area contributed by atoms with Crippen molar-refractivity contribution in [3.8, 4) is 11.5 Å². The van der Waals surface area contributed by atoms with Crippen LogP contribution in [0.3, 0.4) is 0 Å². The molecule has 0 aromatic heterocycles. The molecule has 0 N–H and O–H groups in total. The van der Waals surface area contributed by atoms with Crippen molar-refractivity contribution in [2.24, 2.45) is 0 Å². The number of carbonyl (C=O) groups excluding carboxylic acids is 1. The second-order valence-electron chi connectivity index (χ2n) is 6.43. The van der Waals surface area contributed by atoms with Gasteiger partial charge in [0.1, 0.15) is 24.7 Å². The van der Waals surface area contributed by atoms with Gasteiger partial charge in [-0.2, -0.15) is 0 Å². The average Bonchev–Trinajstić information content (AvgIpc) is 2.76. The van der Waals surface area contributed by atoms with Crippen molar-refractivity contribution in [3.05, 3.63) is 95.6 Å². The molecule has 0 fully saturated rings. The Morgan fingerprint density at radius 1 is 0.714 bits per heavy atom. The molecule has 0 saturated heterocycles. The maximum Gasteiger partial charge on any atom is 0.305 e. The van der Waals surface area contributed by atoms with Gasteiger partial charge < -0.3 is 14.2 Å². The normalized spacial score (nSPS) is 10.3. The summed E-state index contributed by atoms with van der Waals surface area (Å²) in [6.07, 6.45) is 1.04. The summed E-state index contributed by atoms with van der Waals surface area (Å²) in [6, 6.07) is 25.8. The van der Waals surface area contributed by atoms with E-state index < -0.39 is 0 Å². The Hall–Kier alpha value is -3.27. The number of hydrogen-bond acceptors (Lipinski definition) is 4. The van der Waals surface area contributed by atoms with E-state index in [1.807, 2.05) is 78.9 Å². The zero-order chi connectivity index (χ0) is 19.6. The molecule has 3 aromatic carbocycles. The highest BCUT2D eigenvalue weighted by Gasteiger charge is 2.03. The molecule has 0 radical (unpaired) electrons. The molecule has 144 valence electrons. The van der Waals surface area contributed by atoms with Crippen LogP contribution in [0.15, 0.2) is 78.9 Å². The molecule has 3 rings (SSSR count). The fourth-order valence-corrected chi connectivity index (χ4v) is 2.73. The summed E-state index contributed by atoms with van der Waals surface area (Å²) < 4.78 is 16.4. The lowest BCUT2D eigenvalue weighted by atomic mass is 10.1. The van der Waals surface area contributed by atoms with Gasteiger partial charge in [-0.1, -0.05) is 54.6 Å². The number of esters is 1. The van der Waals surface area contributed by atoms with Crippen LogP contribution in [0.4, 0.5) is 0 Å². The van der Waals surface area contributed by atoms with Gasteiger partial charge in [-0.3, -0.25) is 4.79 Å². The Kier molecular flexibility index (Phi) is 7.08. The minimum absolute atomic E-state index is 0.199. The zero-order valence-corrected chi connectivity index (χ0v) is 16.0. The number of carbonyl (C=O) groups is 1. The predicted octanol–water partition coefficient (Wildman–Crippen LogP) is 4.95. The first-order chi connectivity index (χ1) is 13.7. The van der Waals surface area contributed by atoms with Crippen LogP contribution in [0.1, 0.15) is 23.1 Å². The average molecular weight is 376 g/mol. The summed E-state index contributed by atoms with van der Waals surface area (Å²) in [5.74, 6) is 1.41. The standard InChI is InChI=1S/C24H24O4/c1-26-24(25)15-12-19-10-13-22(14-11-19)27-18-21-8-5-9-23(16-21)28-17-20-6-3-2-4-7-20/h2-11,13-14,16H,12,15,17-18H2,1H3. The van der Waals surface area contributed by atoms with Crippen molar-refractivity contribution in [2.45, 2.75) is 26.1 Å². The summed E-state index contributed by atoms with van der Waals surface area (Å²) in [5.41, 5.74) is 3.26. The van der Waals surface area contributed by atoms with E-state index in [0.717, 1.165) is 28.2 Å². The van der Waals surface area contributed by atoms with E-state index in [1.54, 1.807) is 0 Å². The molecule has 0 saturated carbocycles. The molecule has 4 heteroatoms. The number of ether oxygens (including phenoxy) is 3. The first-order valence-electron chi connectivity index (χ1n) is 9.27. The van der Waals surface area contributed by atoms with Gasteiger partial charge in [0.15, 0.2) is 0 Å². The fraction of sp³-hybridized carbons (Fsp3) is 0.208. The van der Waals surface area contributed by atoms with Crippen molar-refractivity contribution < 1.29 is 19.0 Å². The van der Waals surface area contributed by atoms with Crippen molar-refractivity contribution in [3.63, 3.8) is 0 Å². The van der Waals surface area contributed by atoms with E-state index in [4.69, 9.17) is 9.47 Å². The summed E-state index contributed by atoms with van der Waals surface area (Å²) >= 11 is 0. The Morgan fingerprint density at radius 2 is 1.39 bits per heavy atom. The van der Waals surface area contributed by atoms with E-state index in [2.05, 4.69) is 4.74 Å². The fourth-order valence-electron chi connectivity index (χ4n) is 2.73. The van der Waals surface area contributed by atoms with Crippen LogP contribution in [0.5, 0.6) is 11.5 Å². The van der Waals surface area contributed by atoms with Gasteiger partial charge in [0, 0.05) is 6.42 Å². The first-order valence-corrected chi connectivity index (χ1v) is 9.27. The van der Waals surface area contributed by atoms with E-state index in [0.29, 0.717) is 26.1 Å². The molecule has 0 spiro atoms. The van der Waals surface area contributed by atoms with Crippen molar-refractivity contribution in [1.29, 1.82) is 0 Å². The third-order valence-electron chi connectivity index (χ3n) is 4.32. The molecule has 3 aromatic rings. The molecule has 0 aliphatic heterocycles. The smallest absolute Gasteiger partial charge is 0.305 e. The molecule has 0 atom stereocenters. The Bertz CT molecular complexity index is 873. The van der Waals surface area contributed by atoms with Gasteiger partial charge in [-0.05, 0) is 47.4 Å². The molecular formula is C24H24O4. The van der Waals surface area contributed by atoms with Gasteiger partial charge in [-0.25, -0.2) is 0 Å². The molecule has 0 bridgehead atoms. The highest BCUT2D eigenvalue weighted by Crippen LogP contribution is 2.19. The SMILES string of the molecule is COC(=O)CCc1ccc(OCc2cccc(OCc3ccccc3)c2)cc1. The van der Waals surface area contributed by atoms with E-state index in [1.165, 1.54) is 7.11 Å². The molecule has 28 heavy (non-hydrogen) atoms. The largest absolute Gasteiger partial charge is 0.489 e. The minimum atomic E-state index is -0.199. The van der Waals surface area contributed by atoms with E-state index in [9.17, 15) is 4.79 Å². The second kappa shape index (κ2) is 10.2. The van der Waals surface area contributed by atoms with Crippen molar-refractivity contribution in [1.82, 2.24) is 0 Å². The Labute approximate surface area is 165 Å². The van der Waals surface area contributed by atoms with E-state index in [-0.39, 0.29) is 5.97 Å². The van der Waals surface area contributed by atoms with Crippen LogP contribution in [-0.2, 0) is 29.2 Å². The van der Waals surface area contributed by atoms with Gasteiger partial charge in [0.2, 0.25) is 0 Å². The molecule has 4 nitrogen and oxygen atoms in total. The topological polar surface area (TPSA) is 44.8 Å². The summed E-state index contributed by atoms with van der Waals surface area (Å²) in [4.78, 5) is 11.2. The van der Waals surface area contributed by atoms with Crippen molar-refractivity contribution >= 4 is 5.97 Å². The van der Waals surface area contributed by atoms with Crippen molar-refractivity contribution in [2.75, 3.05) is 7.11 Å². The Balaban J connectivity index is 1.49.